The molecule has 3 heteroatoms. The van der Waals surface area contributed by atoms with Crippen molar-refractivity contribution in [3.63, 3.8) is 0 Å². The van der Waals surface area contributed by atoms with Gasteiger partial charge >= 0.3 is 0 Å². The third kappa shape index (κ3) is 2.88. The zero-order valence-corrected chi connectivity index (χ0v) is 11.9. The summed E-state index contributed by atoms with van der Waals surface area (Å²) in [5.74, 6) is 0.805. The molecule has 0 aliphatic carbocycles. The first-order chi connectivity index (χ1) is 10.3. The molecule has 0 saturated carbocycles. The van der Waals surface area contributed by atoms with Crippen LogP contribution in [0.3, 0.4) is 0 Å². The van der Waals surface area contributed by atoms with Crippen LogP contribution in [0, 0.1) is 0 Å². The molecule has 21 heavy (non-hydrogen) atoms. The number of fused-ring (bicyclic) bond motifs is 1. The maximum absolute atomic E-state index is 10.6. The smallest absolute Gasteiger partial charge is 0.119 e. The molecule has 3 nitrogen and oxygen atoms in total. The van der Waals surface area contributed by atoms with E-state index in [0.29, 0.717) is 6.42 Å². The summed E-state index contributed by atoms with van der Waals surface area (Å²) in [6.07, 6.45) is 1.72. The summed E-state index contributed by atoms with van der Waals surface area (Å²) in [6, 6.07) is 17.5. The molecule has 106 valence electrons. The van der Waals surface area contributed by atoms with Gasteiger partial charge < -0.3 is 9.84 Å². The highest BCUT2D eigenvalue weighted by Gasteiger charge is 2.12. The highest BCUT2D eigenvalue weighted by Crippen LogP contribution is 2.26. The topological polar surface area (TPSA) is 42.4 Å². The van der Waals surface area contributed by atoms with E-state index in [-0.39, 0.29) is 0 Å². The molecule has 3 aromatic rings. The van der Waals surface area contributed by atoms with E-state index in [1.54, 1.807) is 13.3 Å². The van der Waals surface area contributed by atoms with Crippen LogP contribution in [0.5, 0.6) is 5.75 Å². The third-order valence-corrected chi connectivity index (χ3v) is 3.60. The lowest BCUT2D eigenvalue weighted by atomic mass is 9.98. The SMILES string of the molecule is COc1cccc(CC(O)c2ccnc3ccccc23)c1. The molecule has 0 aliphatic rings. The van der Waals surface area contributed by atoms with Crippen LogP contribution in [0.25, 0.3) is 10.9 Å². The molecular weight excluding hydrogens is 262 g/mol. The monoisotopic (exact) mass is 279 g/mol. The van der Waals surface area contributed by atoms with E-state index in [4.69, 9.17) is 4.74 Å². The van der Waals surface area contributed by atoms with Crippen LogP contribution < -0.4 is 4.74 Å². The Morgan fingerprint density at radius 3 is 2.81 bits per heavy atom. The van der Waals surface area contributed by atoms with Gasteiger partial charge in [-0.25, -0.2) is 0 Å². The third-order valence-electron chi connectivity index (χ3n) is 3.60. The lowest BCUT2D eigenvalue weighted by molar-refractivity contribution is 0.180. The number of aliphatic hydroxyl groups excluding tert-OH is 1. The fourth-order valence-electron chi connectivity index (χ4n) is 2.54. The standard InChI is InChI=1S/C18H17NO2/c1-21-14-6-4-5-13(11-14)12-18(20)16-9-10-19-17-8-3-2-7-15(16)17/h2-11,18,20H,12H2,1H3. The number of nitrogens with zero attached hydrogens (tertiary/aromatic N) is 1. The number of methoxy groups -OCH3 is 1. The molecule has 2 aromatic carbocycles. The maximum Gasteiger partial charge on any atom is 0.119 e. The Balaban J connectivity index is 1.91. The second-order valence-corrected chi connectivity index (χ2v) is 4.99. The number of rotatable bonds is 4. The zero-order chi connectivity index (χ0) is 14.7. The Bertz CT molecular complexity index is 750. The van der Waals surface area contributed by atoms with Crippen LogP contribution in [-0.2, 0) is 6.42 Å². The van der Waals surface area contributed by atoms with Crippen molar-refractivity contribution in [2.24, 2.45) is 0 Å². The second kappa shape index (κ2) is 5.94. The summed E-state index contributed by atoms with van der Waals surface area (Å²) in [4.78, 5) is 4.33. The lowest BCUT2D eigenvalue weighted by Crippen LogP contribution is -2.03. The molecule has 0 bridgehead atoms. The number of aromatic nitrogens is 1. The molecule has 1 unspecified atom stereocenters. The lowest BCUT2D eigenvalue weighted by Gasteiger charge is -2.14. The molecular formula is C18H17NO2. The Hall–Kier alpha value is -2.39. The fourth-order valence-corrected chi connectivity index (χ4v) is 2.54. The minimum Gasteiger partial charge on any atom is -0.497 e. The van der Waals surface area contributed by atoms with Crippen molar-refractivity contribution < 1.29 is 9.84 Å². The average Bonchev–Trinajstić information content (AvgIpc) is 2.54. The number of pyridine rings is 1. The van der Waals surface area contributed by atoms with Crippen LogP contribution in [0.4, 0.5) is 0 Å². The molecule has 0 spiro atoms. The summed E-state index contributed by atoms with van der Waals surface area (Å²) in [6.45, 7) is 0. The number of hydrogen-bond acceptors (Lipinski definition) is 3. The van der Waals surface area contributed by atoms with Gasteiger partial charge in [0.1, 0.15) is 5.75 Å². The van der Waals surface area contributed by atoms with Gasteiger partial charge in [-0.15, -0.1) is 0 Å². The summed E-state index contributed by atoms with van der Waals surface area (Å²) in [5, 5.41) is 11.6. The molecule has 0 amide bonds. The Kier molecular flexibility index (Phi) is 3.84. The van der Waals surface area contributed by atoms with Gasteiger partial charge in [-0.05, 0) is 35.4 Å². The van der Waals surface area contributed by atoms with Crippen molar-refractivity contribution in [1.29, 1.82) is 0 Å². The number of para-hydroxylation sites is 1. The van der Waals surface area contributed by atoms with Gasteiger partial charge in [0, 0.05) is 18.0 Å². The van der Waals surface area contributed by atoms with Crippen molar-refractivity contribution in [3.05, 3.63) is 71.9 Å². The quantitative estimate of drug-likeness (QED) is 0.794. The van der Waals surface area contributed by atoms with Gasteiger partial charge in [0.05, 0.1) is 18.7 Å². The molecule has 1 atom stereocenters. The molecule has 0 radical (unpaired) electrons. The minimum atomic E-state index is -0.565. The van der Waals surface area contributed by atoms with E-state index >= 15 is 0 Å². The van der Waals surface area contributed by atoms with E-state index < -0.39 is 6.10 Å². The van der Waals surface area contributed by atoms with Gasteiger partial charge in [0.2, 0.25) is 0 Å². The summed E-state index contributed by atoms with van der Waals surface area (Å²) >= 11 is 0. The van der Waals surface area contributed by atoms with E-state index in [0.717, 1.165) is 27.8 Å². The van der Waals surface area contributed by atoms with Gasteiger partial charge in [0.15, 0.2) is 0 Å². The average molecular weight is 279 g/mol. The molecule has 0 aliphatic heterocycles. The highest BCUT2D eigenvalue weighted by atomic mass is 16.5. The predicted octanol–water partition coefficient (Wildman–Crippen LogP) is 3.52. The fraction of sp³-hybridized carbons (Fsp3) is 0.167. The van der Waals surface area contributed by atoms with Gasteiger partial charge in [-0.3, -0.25) is 4.98 Å². The number of ether oxygens (including phenoxy) is 1. The van der Waals surface area contributed by atoms with Gasteiger partial charge in [-0.2, -0.15) is 0 Å². The Labute approximate surface area is 123 Å². The van der Waals surface area contributed by atoms with Crippen molar-refractivity contribution in [2.75, 3.05) is 7.11 Å². The van der Waals surface area contributed by atoms with Crippen LogP contribution in [0.1, 0.15) is 17.2 Å². The van der Waals surface area contributed by atoms with E-state index in [9.17, 15) is 5.11 Å². The van der Waals surface area contributed by atoms with E-state index in [1.807, 2.05) is 54.6 Å². The molecule has 1 heterocycles. The van der Waals surface area contributed by atoms with Crippen LogP contribution >= 0.6 is 0 Å². The number of hydrogen-bond donors (Lipinski definition) is 1. The van der Waals surface area contributed by atoms with Gasteiger partial charge in [-0.1, -0.05) is 30.3 Å². The molecule has 0 fully saturated rings. The van der Waals surface area contributed by atoms with Crippen molar-refractivity contribution in [3.8, 4) is 5.75 Å². The molecule has 3 rings (SSSR count). The van der Waals surface area contributed by atoms with E-state index in [1.165, 1.54) is 0 Å². The highest BCUT2D eigenvalue weighted by molar-refractivity contribution is 5.82. The first-order valence-electron chi connectivity index (χ1n) is 6.92. The second-order valence-electron chi connectivity index (χ2n) is 4.99. The van der Waals surface area contributed by atoms with Crippen molar-refractivity contribution >= 4 is 10.9 Å². The van der Waals surface area contributed by atoms with Crippen molar-refractivity contribution in [1.82, 2.24) is 4.98 Å². The molecule has 0 saturated heterocycles. The number of aliphatic hydroxyl groups is 1. The summed E-state index contributed by atoms with van der Waals surface area (Å²) < 4.78 is 5.22. The number of benzene rings is 2. The van der Waals surface area contributed by atoms with Crippen LogP contribution in [0.2, 0.25) is 0 Å². The van der Waals surface area contributed by atoms with Gasteiger partial charge in [0.25, 0.3) is 0 Å². The Morgan fingerprint density at radius 1 is 1.10 bits per heavy atom. The molecule has 1 aromatic heterocycles. The first-order valence-corrected chi connectivity index (χ1v) is 6.92. The predicted molar refractivity (Wildman–Crippen MR) is 83.4 cm³/mol. The summed E-state index contributed by atoms with van der Waals surface area (Å²) in [7, 11) is 1.64. The van der Waals surface area contributed by atoms with Crippen molar-refractivity contribution in [2.45, 2.75) is 12.5 Å². The maximum atomic E-state index is 10.6. The largest absolute Gasteiger partial charge is 0.497 e. The van der Waals surface area contributed by atoms with E-state index in [2.05, 4.69) is 4.98 Å². The molecule has 1 N–H and O–H groups in total. The van der Waals surface area contributed by atoms with Crippen LogP contribution in [0.15, 0.2) is 60.8 Å². The normalized spacial score (nSPS) is 12.3. The van der Waals surface area contributed by atoms with Crippen LogP contribution in [-0.4, -0.2) is 17.2 Å². The minimum absolute atomic E-state index is 0.547. The first kappa shape index (κ1) is 13.6. The zero-order valence-electron chi connectivity index (χ0n) is 11.9. The Morgan fingerprint density at radius 2 is 1.95 bits per heavy atom. The summed E-state index contributed by atoms with van der Waals surface area (Å²) in [5.41, 5.74) is 2.85.